The number of pyridine rings is 1. The Morgan fingerprint density at radius 3 is 2.49 bits per heavy atom. The molecule has 0 radical (unpaired) electrons. The number of urea groups is 1. The minimum absolute atomic E-state index is 0.0475. The molecule has 0 atom stereocenters. The van der Waals surface area contributed by atoms with E-state index in [0.717, 1.165) is 27.6 Å². The van der Waals surface area contributed by atoms with E-state index in [4.69, 9.17) is 9.47 Å². The molecule has 3 aromatic carbocycles. The Morgan fingerprint density at radius 2 is 1.76 bits per heavy atom. The molecular formula is C29H30FN3O4. The number of halogens is 1. The van der Waals surface area contributed by atoms with E-state index in [9.17, 15) is 14.0 Å². The monoisotopic (exact) mass is 503 g/mol. The van der Waals surface area contributed by atoms with Gasteiger partial charge in [0.05, 0.1) is 32.0 Å². The van der Waals surface area contributed by atoms with E-state index in [2.05, 4.69) is 10.3 Å². The molecule has 192 valence electrons. The summed E-state index contributed by atoms with van der Waals surface area (Å²) < 4.78 is 24.9. The molecule has 0 saturated heterocycles. The molecule has 0 unspecified atom stereocenters. The summed E-state index contributed by atoms with van der Waals surface area (Å²) in [6, 6.07) is 16.8. The lowest BCUT2D eigenvalue weighted by molar-refractivity contribution is 0.209. The fraction of sp³-hybridized carbons (Fsp3) is 0.241. The average Bonchev–Trinajstić information content (AvgIpc) is 2.88. The molecule has 2 N–H and O–H groups in total. The Morgan fingerprint density at radius 1 is 1.00 bits per heavy atom. The van der Waals surface area contributed by atoms with Gasteiger partial charge in [-0.05, 0) is 73.2 Å². The minimum Gasteiger partial charge on any atom is -0.493 e. The number of hydrogen-bond donors (Lipinski definition) is 2. The number of para-hydroxylation sites is 1. The van der Waals surface area contributed by atoms with Crippen molar-refractivity contribution in [3.8, 4) is 11.5 Å². The van der Waals surface area contributed by atoms with Crippen molar-refractivity contribution >= 4 is 22.6 Å². The highest BCUT2D eigenvalue weighted by atomic mass is 19.1. The topological polar surface area (TPSA) is 83.7 Å². The van der Waals surface area contributed by atoms with Crippen molar-refractivity contribution in [3.63, 3.8) is 0 Å². The first-order valence-electron chi connectivity index (χ1n) is 11.9. The molecule has 0 aliphatic rings. The zero-order valence-electron chi connectivity index (χ0n) is 21.4. The van der Waals surface area contributed by atoms with E-state index in [1.54, 1.807) is 32.4 Å². The number of amides is 2. The highest BCUT2D eigenvalue weighted by Gasteiger charge is 2.18. The largest absolute Gasteiger partial charge is 0.493 e. The third-order valence-electron chi connectivity index (χ3n) is 6.25. The van der Waals surface area contributed by atoms with E-state index in [1.165, 1.54) is 17.0 Å². The van der Waals surface area contributed by atoms with Crippen molar-refractivity contribution in [2.24, 2.45) is 0 Å². The first-order chi connectivity index (χ1) is 17.8. The molecule has 0 aliphatic carbocycles. The van der Waals surface area contributed by atoms with Crippen LogP contribution >= 0.6 is 0 Å². The maximum atomic E-state index is 14.2. The molecule has 4 aromatic rings. The van der Waals surface area contributed by atoms with Crippen LogP contribution in [0, 0.1) is 19.7 Å². The molecule has 37 heavy (non-hydrogen) atoms. The summed E-state index contributed by atoms with van der Waals surface area (Å²) in [6.07, 6.45) is 0.481. The zero-order valence-corrected chi connectivity index (χ0v) is 21.4. The normalized spacial score (nSPS) is 10.8. The Hall–Kier alpha value is -4.33. The molecule has 7 nitrogen and oxygen atoms in total. The lowest BCUT2D eigenvalue weighted by atomic mass is 10.0. The number of fused-ring (bicyclic) bond motifs is 1. The third kappa shape index (κ3) is 5.91. The molecule has 0 saturated carbocycles. The molecule has 1 aromatic heterocycles. The van der Waals surface area contributed by atoms with Gasteiger partial charge < -0.3 is 24.7 Å². The van der Waals surface area contributed by atoms with Gasteiger partial charge in [-0.25, -0.2) is 9.18 Å². The third-order valence-corrected chi connectivity index (χ3v) is 6.25. The number of methoxy groups -OCH3 is 2. The number of carbonyl (C=O) groups is 1. The Balaban J connectivity index is 1.64. The highest BCUT2D eigenvalue weighted by Crippen LogP contribution is 2.28. The highest BCUT2D eigenvalue weighted by molar-refractivity contribution is 5.89. The van der Waals surface area contributed by atoms with Crippen molar-refractivity contribution in [3.05, 3.63) is 99.1 Å². The Bertz CT molecular complexity index is 1500. The molecule has 0 spiro atoms. The maximum absolute atomic E-state index is 14.2. The predicted molar refractivity (Wildman–Crippen MR) is 143 cm³/mol. The van der Waals surface area contributed by atoms with Gasteiger partial charge >= 0.3 is 6.03 Å². The van der Waals surface area contributed by atoms with Crippen molar-refractivity contribution in [1.29, 1.82) is 0 Å². The summed E-state index contributed by atoms with van der Waals surface area (Å²) in [7, 11) is 3.13. The second-order valence-corrected chi connectivity index (χ2v) is 8.94. The van der Waals surface area contributed by atoms with Crippen LogP contribution in [0.1, 0.15) is 22.3 Å². The summed E-state index contributed by atoms with van der Waals surface area (Å²) in [6.45, 7) is 4.27. The lowest BCUT2D eigenvalue weighted by Gasteiger charge is -2.24. The quantitative estimate of drug-likeness (QED) is 0.329. The number of nitrogens with one attached hydrogen (secondary N) is 2. The Labute approximate surface area is 214 Å². The van der Waals surface area contributed by atoms with Gasteiger partial charge in [-0.3, -0.25) is 4.79 Å². The number of nitrogens with zero attached hydrogens (tertiary/aromatic N) is 1. The van der Waals surface area contributed by atoms with Crippen LogP contribution < -0.4 is 20.3 Å². The lowest BCUT2D eigenvalue weighted by Crippen LogP contribution is -2.37. The molecule has 4 rings (SSSR count). The number of aromatic nitrogens is 1. The number of aryl methyl sites for hydroxylation is 2. The average molecular weight is 504 g/mol. The molecule has 1 heterocycles. The fourth-order valence-corrected chi connectivity index (χ4v) is 4.36. The van der Waals surface area contributed by atoms with Crippen LogP contribution in [0.4, 0.5) is 14.9 Å². The number of aromatic amines is 1. The summed E-state index contributed by atoms with van der Waals surface area (Å²) in [5, 5.41) is 3.53. The van der Waals surface area contributed by atoms with Crippen molar-refractivity contribution < 1.29 is 18.7 Å². The van der Waals surface area contributed by atoms with Gasteiger partial charge in [-0.2, -0.15) is 0 Å². The van der Waals surface area contributed by atoms with Gasteiger partial charge in [0.15, 0.2) is 11.5 Å². The van der Waals surface area contributed by atoms with Crippen LogP contribution in [-0.4, -0.2) is 36.7 Å². The van der Waals surface area contributed by atoms with E-state index in [0.29, 0.717) is 23.5 Å². The number of hydrogen-bond acceptors (Lipinski definition) is 4. The predicted octanol–water partition coefficient (Wildman–Crippen LogP) is 5.58. The van der Waals surface area contributed by atoms with E-state index in [1.807, 2.05) is 44.2 Å². The number of carbonyl (C=O) groups excluding carboxylic acids is 1. The molecule has 8 heteroatoms. The van der Waals surface area contributed by atoms with Crippen LogP contribution in [0.5, 0.6) is 11.5 Å². The minimum atomic E-state index is -0.537. The van der Waals surface area contributed by atoms with Crippen LogP contribution in [-0.2, 0) is 13.0 Å². The maximum Gasteiger partial charge on any atom is 0.322 e. The van der Waals surface area contributed by atoms with E-state index < -0.39 is 11.8 Å². The Kier molecular flexibility index (Phi) is 7.77. The van der Waals surface area contributed by atoms with Gasteiger partial charge in [0, 0.05) is 12.1 Å². The number of H-pyrrole nitrogens is 1. The number of ether oxygens (including phenoxy) is 2. The summed E-state index contributed by atoms with van der Waals surface area (Å²) in [5.41, 5.74) is 3.98. The smallest absolute Gasteiger partial charge is 0.322 e. The second kappa shape index (κ2) is 11.2. The fourth-order valence-electron chi connectivity index (χ4n) is 4.36. The van der Waals surface area contributed by atoms with Gasteiger partial charge in [0.25, 0.3) is 5.56 Å². The number of benzene rings is 3. The number of rotatable bonds is 8. The standard InChI is InChI=1S/C29H30FN3O4/c1-18-13-19(2)27-21(14-18)16-22(28(34)32-27)17-33(29(35)31-24-8-6-5-7-23(24)30)12-11-20-9-10-25(36-3)26(15-20)37-4/h5-10,13-16H,11-12,17H2,1-4H3,(H,31,35)(H,32,34). The molecule has 2 amide bonds. The summed E-state index contributed by atoms with van der Waals surface area (Å²) in [5.74, 6) is 0.651. The van der Waals surface area contributed by atoms with E-state index >= 15 is 0 Å². The van der Waals surface area contributed by atoms with Crippen LogP contribution in [0.3, 0.4) is 0 Å². The first kappa shape index (κ1) is 25.8. The molecular weight excluding hydrogens is 473 g/mol. The van der Waals surface area contributed by atoms with E-state index in [-0.39, 0.29) is 24.3 Å². The van der Waals surface area contributed by atoms with Crippen molar-refractivity contribution in [1.82, 2.24) is 9.88 Å². The number of anilines is 1. The molecule has 0 fully saturated rings. The van der Waals surface area contributed by atoms with Crippen LogP contribution in [0.25, 0.3) is 10.9 Å². The molecule has 0 aliphatic heterocycles. The first-order valence-corrected chi connectivity index (χ1v) is 11.9. The van der Waals surface area contributed by atoms with Crippen LogP contribution in [0.2, 0.25) is 0 Å². The molecule has 0 bridgehead atoms. The van der Waals surface area contributed by atoms with Gasteiger partial charge in [-0.15, -0.1) is 0 Å². The second-order valence-electron chi connectivity index (χ2n) is 8.94. The summed E-state index contributed by atoms with van der Waals surface area (Å²) >= 11 is 0. The van der Waals surface area contributed by atoms with Crippen molar-refractivity contribution in [2.75, 3.05) is 26.1 Å². The summed E-state index contributed by atoms with van der Waals surface area (Å²) in [4.78, 5) is 30.7. The van der Waals surface area contributed by atoms with Crippen molar-refractivity contribution in [2.45, 2.75) is 26.8 Å². The van der Waals surface area contributed by atoms with Gasteiger partial charge in [0.2, 0.25) is 0 Å². The van der Waals surface area contributed by atoms with Crippen LogP contribution in [0.15, 0.2) is 65.5 Å². The SMILES string of the molecule is COc1ccc(CCN(Cc2cc3cc(C)cc(C)c3[nH]c2=O)C(=O)Nc2ccccc2F)cc1OC. The van der Waals surface area contributed by atoms with Gasteiger partial charge in [-0.1, -0.05) is 29.8 Å². The van der Waals surface area contributed by atoms with Gasteiger partial charge in [0.1, 0.15) is 5.82 Å². The zero-order chi connectivity index (χ0) is 26.5.